The fraction of sp³-hybridized carbons (Fsp3) is 0.0625. The van der Waals surface area contributed by atoms with E-state index in [0.717, 1.165) is 73.7 Å². The lowest BCUT2D eigenvalue weighted by Gasteiger charge is -2.15. The highest BCUT2D eigenvalue weighted by atomic mass is 14.9. The largest absolute Gasteiger partial charge is 0.252 e. The minimum Gasteiger partial charge on any atom is -0.252 e. The van der Waals surface area contributed by atoms with E-state index >= 15 is 0 Å². The molecule has 2 heterocycles. The highest BCUT2D eigenvalue weighted by Crippen LogP contribution is 2.35. The Morgan fingerprint density at radius 3 is 1.59 bits per heavy atom. The van der Waals surface area contributed by atoms with E-state index in [4.69, 9.17) is 15.0 Å². The third kappa shape index (κ3) is 6.75. The van der Waals surface area contributed by atoms with Crippen LogP contribution in [0.15, 0.2) is 181 Å². The average Bonchev–Trinajstić information content (AvgIpc) is 3.43. The Balaban J connectivity index is 1.21. The zero-order chi connectivity index (χ0) is 34.6. The van der Waals surface area contributed by atoms with Gasteiger partial charge in [0.15, 0.2) is 5.82 Å². The van der Waals surface area contributed by atoms with Crippen LogP contribution in [0, 0.1) is 13.8 Å². The zero-order valence-electron chi connectivity index (χ0n) is 28.8. The molecule has 0 amide bonds. The number of benzene rings is 6. The van der Waals surface area contributed by atoms with E-state index in [0.29, 0.717) is 5.82 Å². The van der Waals surface area contributed by atoms with E-state index in [1.807, 2.05) is 18.2 Å². The summed E-state index contributed by atoms with van der Waals surface area (Å²) in [6, 6.07) is 57.1. The van der Waals surface area contributed by atoms with Crippen LogP contribution in [-0.2, 0) is 0 Å². The molecule has 3 nitrogen and oxygen atoms in total. The average molecular weight is 656 g/mol. The number of aromatic nitrogens is 2. The molecule has 0 unspecified atom stereocenters. The van der Waals surface area contributed by atoms with Crippen LogP contribution in [0.25, 0.3) is 56.3 Å². The van der Waals surface area contributed by atoms with Crippen LogP contribution in [0.1, 0.15) is 34.2 Å². The number of aliphatic imine (C=N–C) groups is 1. The van der Waals surface area contributed by atoms with Gasteiger partial charge >= 0.3 is 0 Å². The van der Waals surface area contributed by atoms with Gasteiger partial charge in [0.25, 0.3) is 0 Å². The van der Waals surface area contributed by atoms with E-state index in [9.17, 15) is 0 Å². The van der Waals surface area contributed by atoms with Crippen LogP contribution in [0.5, 0.6) is 0 Å². The van der Waals surface area contributed by atoms with E-state index in [1.54, 1.807) is 0 Å². The second-order valence-electron chi connectivity index (χ2n) is 12.9. The minimum absolute atomic E-state index is 0.707. The molecule has 1 aliphatic heterocycles. The number of hydrogen-bond donors (Lipinski definition) is 0. The molecule has 8 rings (SSSR count). The molecule has 0 atom stereocenters. The number of aryl methyl sites for hydroxylation is 1. The maximum atomic E-state index is 5.31. The third-order valence-electron chi connectivity index (χ3n) is 9.48. The highest BCUT2D eigenvalue weighted by Gasteiger charge is 2.17. The third-order valence-corrected chi connectivity index (χ3v) is 9.48. The standard InChI is InChI=1S/C48H37N3/c1-33-26-27-41(44-29-28-39(35-16-7-3-8-17-35)32-45(49-44)36-18-9-4-10-19-36)31-43(33)40-24-15-25-42(30-40)48-50-46(37-20-11-5-12-21-37)34(2)47(51-48)38-22-13-6-14-23-38/h3-28,30-32H,29H2,1-2H3. The lowest BCUT2D eigenvalue weighted by Crippen LogP contribution is -2.02. The Bertz CT molecular complexity index is 2360. The molecule has 0 radical (unpaired) electrons. The second kappa shape index (κ2) is 14.2. The van der Waals surface area contributed by atoms with Crippen molar-refractivity contribution in [1.82, 2.24) is 9.97 Å². The summed E-state index contributed by atoms with van der Waals surface area (Å²) < 4.78 is 0. The molecule has 0 aliphatic carbocycles. The van der Waals surface area contributed by atoms with Crippen LogP contribution < -0.4 is 0 Å². The van der Waals surface area contributed by atoms with Crippen LogP contribution >= 0.6 is 0 Å². The van der Waals surface area contributed by atoms with Gasteiger partial charge in [-0.3, -0.25) is 4.99 Å². The Morgan fingerprint density at radius 2 is 0.980 bits per heavy atom. The first-order valence-corrected chi connectivity index (χ1v) is 17.4. The molecule has 244 valence electrons. The van der Waals surface area contributed by atoms with Crippen molar-refractivity contribution in [3.8, 4) is 45.0 Å². The summed E-state index contributed by atoms with van der Waals surface area (Å²) in [6.45, 7) is 4.29. The van der Waals surface area contributed by atoms with Crippen molar-refractivity contribution in [2.45, 2.75) is 20.3 Å². The summed E-state index contributed by atoms with van der Waals surface area (Å²) in [7, 11) is 0. The maximum Gasteiger partial charge on any atom is 0.160 e. The van der Waals surface area contributed by atoms with Crippen molar-refractivity contribution >= 4 is 17.0 Å². The van der Waals surface area contributed by atoms with Crippen LogP contribution in [-0.4, -0.2) is 15.7 Å². The Kier molecular flexibility index (Phi) is 8.84. The predicted molar refractivity (Wildman–Crippen MR) is 213 cm³/mol. The van der Waals surface area contributed by atoms with E-state index in [-0.39, 0.29) is 0 Å². The summed E-state index contributed by atoms with van der Waals surface area (Å²) >= 11 is 0. The van der Waals surface area contributed by atoms with Crippen molar-refractivity contribution in [1.29, 1.82) is 0 Å². The molecule has 7 aromatic rings. The molecule has 6 aromatic carbocycles. The lowest BCUT2D eigenvalue weighted by atomic mass is 9.94. The first-order valence-electron chi connectivity index (χ1n) is 17.4. The van der Waals surface area contributed by atoms with Crippen molar-refractivity contribution < 1.29 is 0 Å². The summed E-state index contributed by atoms with van der Waals surface area (Å²) in [4.78, 5) is 15.7. The molecule has 3 heteroatoms. The first kappa shape index (κ1) is 31.8. The lowest BCUT2D eigenvalue weighted by molar-refractivity contribution is 1.15. The van der Waals surface area contributed by atoms with E-state index < -0.39 is 0 Å². The molecular weight excluding hydrogens is 619 g/mol. The smallest absolute Gasteiger partial charge is 0.160 e. The SMILES string of the molecule is Cc1ccc(C2=NC(c3ccccc3)=CC(c3ccccc3)=CC2)cc1-c1cccc(-c2nc(-c3ccccc3)c(C)c(-c3ccccc3)n2)c1. The van der Waals surface area contributed by atoms with Gasteiger partial charge in [-0.1, -0.05) is 158 Å². The summed E-state index contributed by atoms with van der Waals surface area (Å²) in [5, 5.41) is 0. The van der Waals surface area contributed by atoms with E-state index in [1.165, 1.54) is 16.7 Å². The van der Waals surface area contributed by atoms with Crippen LogP contribution in [0.3, 0.4) is 0 Å². The molecule has 1 aromatic heterocycles. The molecule has 0 bridgehead atoms. The number of rotatable bonds is 7. The molecule has 0 spiro atoms. The number of nitrogens with zero attached hydrogens (tertiary/aromatic N) is 3. The summed E-state index contributed by atoms with van der Waals surface area (Å²) in [6.07, 6.45) is 5.24. The molecule has 0 saturated carbocycles. The number of allylic oxidation sites excluding steroid dienone is 3. The Morgan fingerprint density at radius 1 is 0.451 bits per heavy atom. The topological polar surface area (TPSA) is 38.1 Å². The second-order valence-corrected chi connectivity index (χ2v) is 12.9. The fourth-order valence-corrected chi connectivity index (χ4v) is 6.75. The van der Waals surface area contributed by atoms with Gasteiger partial charge in [-0.05, 0) is 65.4 Å². The summed E-state index contributed by atoms with van der Waals surface area (Å²) in [5.41, 5.74) is 16.1. The van der Waals surface area contributed by atoms with Gasteiger partial charge in [0, 0.05) is 34.2 Å². The molecule has 51 heavy (non-hydrogen) atoms. The zero-order valence-corrected chi connectivity index (χ0v) is 28.8. The predicted octanol–water partition coefficient (Wildman–Crippen LogP) is 12.1. The molecule has 0 fully saturated rings. The van der Waals surface area contributed by atoms with Crippen molar-refractivity contribution in [3.05, 3.63) is 204 Å². The highest BCUT2D eigenvalue weighted by molar-refractivity contribution is 6.07. The number of hydrogen-bond acceptors (Lipinski definition) is 3. The van der Waals surface area contributed by atoms with Gasteiger partial charge in [0.05, 0.1) is 22.8 Å². The quantitative estimate of drug-likeness (QED) is 0.171. The van der Waals surface area contributed by atoms with Gasteiger partial charge in [-0.15, -0.1) is 0 Å². The monoisotopic (exact) mass is 655 g/mol. The molecule has 0 N–H and O–H groups in total. The molecule has 1 aliphatic rings. The molecular formula is C48H37N3. The van der Waals surface area contributed by atoms with Crippen molar-refractivity contribution in [3.63, 3.8) is 0 Å². The minimum atomic E-state index is 0.707. The van der Waals surface area contributed by atoms with Crippen LogP contribution in [0.4, 0.5) is 0 Å². The summed E-state index contributed by atoms with van der Waals surface area (Å²) in [5.74, 6) is 0.707. The van der Waals surface area contributed by atoms with Gasteiger partial charge in [-0.2, -0.15) is 0 Å². The fourth-order valence-electron chi connectivity index (χ4n) is 6.75. The maximum absolute atomic E-state index is 5.31. The van der Waals surface area contributed by atoms with E-state index in [2.05, 4.69) is 172 Å². The van der Waals surface area contributed by atoms with Crippen molar-refractivity contribution in [2.24, 2.45) is 4.99 Å². The Labute approximate surface area is 300 Å². The van der Waals surface area contributed by atoms with Crippen LogP contribution in [0.2, 0.25) is 0 Å². The molecule has 0 saturated heterocycles. The van der Waals surface area contributed by atoms with Gasteiger partial charge in [0.2, 0.25) is 0 Å². The van der Waals surface area contributed by atoms with Crippen molar-refractivity contribution in [2.75, 3.05) is 0 Å². The Hall–Kier alpha value is -6.45. The van der Waals surface area contributed by atoms with Gasteiger partial charge in [0.1, 0.15) is 0 Å². The first-order chi connectivity index (χ1) is 25.1. The van der Waals surface area contributed by atoms with Gasteiger partial charge in [-0.25, -0.2) is 9.97 Å². The van der Waals surface area contributed by atoms with Gasteiger partial charge < -0.3 is 0 Å². The normalized spacial score (nSPS) is 12.8.